The smallest absolute Gasteiger partial charge is 0.238 e. The van der Waals surface area contributed by atoms with Crippen molar-refractivity contribution in [1.82, 2.24) is 9.78 Å². The first-order chi connectivity index (χ1) is 8.92. The number of hydrogen-bond acceptors (Lipinski definition) is 2. The molecule has 1 heterocycles. The first-order valence-corrected chi connectivity index (χ1v) is 9.73. The van der Waals surface area contributed by atoms with Crippen LogP contribution in [0.4, 0.5) is 0 Å². The maximum absolute atomic E-state index is 5.63. The van der Waals surface area contributed by atoms with Crippen LogP contribution in [-0.2, 0) is 7.05 Å². The van der Waals surface area contributed by atoms with Crippen molar-refractivity contribution >= 4 is 8.07 Å². The van der Waals surface area contributed by atoms with Gasteiger partial charge in [0.2, 0.25) is 5.88 Å². The molecule has 3 nitrogen and oxygen atoms in total. The third-order valence-corrected chi connectivity index (χ3v) is 3.22. The van der Waals surface area contributed by atoms with Gasteiger partial charge in [-0.05, 0) is 24.3 Å². The fraction of sp³-hybridized carbons (Fsp3) is 0.267. The summed E-state index contributed by atoms with van der Waals surface area (Å²) < 4.78 is 7.34. The van der Waals surface area contributed by atoms with Gasteiger partial charge < -0.3 is 4.74 Å². The number of hydrogen-bond donors (Lipinski definition) is 0. The van der Waals surface area contributed by atoms with Crippen molar-refractivity contribution in [3.05, 3.63) is 42.1 Å². The number of benzene rings is 1. The van der Waals surface area contributed by atoms with Gasteiger partial charge in [0.15, 0.2) is 0 Å². The molecule has 0 N–H and O–H groups in total. The lowest BCUT2D eigenvalue weighted by molar-refractivity contribution is 0.454. The predicted octanol–water partition coefficient (Wildman–Crippen LogP) is 3.44. The van der Waals surface area contributed by atoms with Crippen LogP contribution < -0.4 is 4.74 Å². The van der Waals surface area contributed by atoms with E-state index in [1.54, 1.807) is 4.68 Å². The van der Waals surface area contributed by atoms with E-state index in [0.29, 0.717) is 5.88 Å². The van der Waals surface area contributed by atoms with Crippen LogP contribution in [0.3, 0.4) is 0 Å². The van der Waals surface area contributed by atoms with E-state index < -0.39 is 8.07 Å². The van der Waals surface area contributed by atoms with Crippen LogP contribution >= 0.6 is 0 Å². The minimum absolute atomic E-state index is 0.600. The maximum atomic E-state index is 5.63. The number of aryl methyl sites for hydroxylation is 1. The summed E-state index contributed by atoms with van der Waals surface area (Å²) in [5.74, 6) is 4.59. The minimum Gasteiger partial charge on any atom is -0.438 e. The summed E-state index contributed by atoms with van der Waals surface area (Å²) in [6.07, 6.45) is 1.85. The Morgan fingerprint density at radius 1 is 1.11 bits per heavy atom. The second kappa shape index (κ2) is 5.33. The fourth-order valence-electron chi connectivity index (χ4n) is 1.43. The lowest BCUT2D eigenvalue weighted by Crippen LogP contribution is -2.16. The van der Waals surface area contributed by atoms with Crippen molar-refractivity contribution in [3.63, 3.8) is 0 Å². The highest BCUT2D eigenvalue weighted by Gasteiger charge is 2.07. The van der Waals surface area contributed by atoms with Gasteiger partial charge in [0, 0.05) is 24.9 Å². The van der Waals surface area contributed by atoms with Crippen LogP contribution in [0.15, 0.2) is 36.5 Å². The summed E-state index contributed by atoms with van der Waals surface area (Å²) >= 11 is 0. The van der Waals surface area contributed by atoms with Gasteiger partial charge in [-0.25, -0.2) is 0 Å². The van der Waals surface area contributed by atoms with E-state index in [1.165, 1.54) is 0 Å². The molecule has 1 aromatic heterocycles. The molecular weight excluding hydrogens is 252 g/mol. The maximum Gasteiger partial charge on any atom is 0.238 e. The Morgan fingerprint density at radius 2 is 1.79 bits per heavy atom. The van der Waals surface area contributed by atoms with Crippen LogP contribution in [-0.4, -0.2) is 17.9 Å². The molecule has 0 aliphatic rings. The standard InChI is InChI=1S/C15H18N2OSi/c1-17-11-9-15(16-17)18-14-7-5-13(6-8-14)10-12-19(2,3)4/h5-9,11H,1-4H3. The van der Waals surface area contributed by atoms with E-state index >= 15 is 0 Å². The number of rotatable bonds is 2. The normalized spacial score (nSPS) is 10.7. The molecular formula is C15H18N2OSi. The Balaban J connectivity index is 2.08. The zero-order valence-electron chi connectivity index (χ0n) is 11.8. The molecule has 0 aliphatic carbocycles. The van der Waals surface area contributed by atoms with Crippen molar-refractivity contribution in [1.29, 1.82) is 0 Å². The Kier molecular flexibility index (Phi) is 3.77. The van der Waals surface area contributed by atoms with Crippen molar-refractivity contribution in [3.8, 4) is 23.1 Å². The van der Waals surface area contributed by atoms with Crippen LogP contribution in [0.2, 0.25) is 19.6 Å². The van der Waals surface area contributed by atoms with Gasteiger partial charge in [-0.2, -0.15) is 0 Å². The second-order valence-electron chi connectivity index (χ2n) is 5.45. The molecule has 0 amide bonds. The van der Waals surface area contributed by atoms with Gasteiger partial charge in [0.25, 0.3) is 0 Å². The average molecular weight is 270 g/mol. The van der Waals surface area contributed by atoms with E-state index in [4.69, 9.17) is 4.74 Å². The lowest BCUT2D eigenvalue weighted by Gasteiger charge is -2.04. The van der Waals surface area contributed by atoms with Crippen LogP contribution in [0.1, 0.15) is 5.56 Å². The molecule has 0 aliphatic heterocycles. The quantitative estimate of drug-likeness (QED) is 0.617. The lowest BCUT2D eigenvalue weighted by atomic mass is 10.2. The topological polar surface area (TPSA) is 27.1 Å². The first kappa shape index (κ1) is 13.4. The summed E-state index contributed by atoms with van der Waals surface area (Å²) in [5.41, 5.74) is 4.37. The minimum atomic E-state index is -1.32. The molecule has 0 saturated carbocycles. The fourth-order valence-corrected chi connectivity index (χ4v) is 1.95. The SMILES string of the molecule is Cn1ccc(Oc2ccc(C#C[Si](C)(C)C)cc2)n1. The molecule has 0 unspecified atom stereocenters. The van der Waals surface area contributed by atoms with Gasteiger partial charge in [0.05, 0.1) is 0 Å². The van der Waals surface area contributed by atoms with Crippen molar-refractivity contribution < 1.29 is 4.74 Å². The predicted molar refractivity (Wildman–Crippen MR) is 79.9 cm³/mol. The summed E-state index contributed by atoms with van der Waals surface area (Å²) in [7, 11) is 0.546. The molecule has 2 aromatic rings. The van der Waals surface area contributed by atoms with Crippen molar-refractivity contribution in [2.75, 3.05) is 0 Å². The Bertz CT molecular complexity index is 612. The summed E-state index contributed by atoms with van der Waals surface area (Å²) in [6.45, 7) is 6.70. The van der Waals surface area contributed by atoms with E-state index in [1.807, 2.05) is 43.6 Å². The van der Waals surface area contributed by atoms with E-state index in [0.717, 1.165) is 11.3 Å². The summed E-state index contributed by atoms with van der Waals surface area (Å²) in [5, 5.41) is 4.17. The Hall–Kier alpha value is -1.99. The molecule has 0 atom stereocenters. The first-order valence-electron chi connectivity index (χ1n) is 6.23. The van der Waals surface area contributed by atoms with Gasteiger partial charge in [-0.1, -0.05) is 25.6 Å². The molecule has 0 fully saturated rings. The van der Waals surface area contributed by atoms with Crippen LogP contribution in [0, 0.1) is 11.5 Å². The second-order valence-corrected chi connectivity index (χ2v) is 10.2. The Labute approximate surface area is 115 Å². The molecule has 98 valence electrons. The van der Waals surface area contributed by atoms with Gasteiger partial charge in [-0.15, -0.1) is 10.6 Å². The molecule has 19 heavy (non-hydrogen) atoms. The van der Waals surface area contributed by atoms with Crippen molar-refractivity contribution in [2.24, 2.45) is 7.05 Å². The van der Waals surface area contributed by atoms with Crippen LogP contribution in [0.25, 0.3) is 0 Å². The third kappa shape index (κ3) is 4.31. The zero-order chi connectivity index (χ0) is 13.9. The molecule has 2 rings (SSSR count). The van der Waals surface area contributed by atoms with E-state index in [9.17, 15) is 0 Å². The van der Waals surface area contributed by atoms with Crippen LogP contribution in [0.5, 0.6) is 11.6 Å². The largest absolute Gasteiger partial charge is 0.438 e. The summed E-state index contributed by atoms with van der Waals surface area (Å²) in [6, 6.07) is 9.63. The highest BCUT2D eigenvalue weighted by molar-refractivity contribution is 6.83. The van der Waals surface area contributed by atoms with Gasteiger partial charge in [0.1, 0.15) is 13.8 Å². The molecule has 0 radical (unpaired) electrons. The van der Waals surface area contributed by atoms with Gasteiger partial charge >= 0.3 is 0 Å². The van der Waals surface area contributed by atoms with Crippen molar-refractivity contribution in [2.45, 2.75) is 19.6 Å². The molecule has 0 bridgehead atoms. The number of ether oxygens (including phenoxy) is 1. The molecule has 4 heteroatoms. The molecule has 0 spiro atoms. The zero-order valence-corrected chi connectivity index (χ0v) is 12.8. The third-order valence-electron chi connectivity index (χ3n) is 2.35. The van der Waals surface area contributed by atoms with Gasteiger partial charge in [-0.3, -0.25) is 4.68 Å². The monoisotopic (exact) mass is 270 g/mol. The highest BCUT2D eigenvalue weighted by Crippen LogP contribution is 2.19. The molecule has 1 aromatic carbocycles. The highest BCUT2D eigenvalue weighted by atomic mass is 28.3. The Morgan fingerprint density at radius 3 is 2.32 bits per heavy atom. The number of nitrogens with zero attached hydrogens (tertiary/aromatic N) is 2. The molecule has 0 saturated heterocycles. The average Bonchev–Trinajstić information content (AvgIpc) is 2.73. The van der Waals surface area contributed by atoms with E-state index in [-0.39, 0.29) is 0 Å². The summed E-state index contributed by atoms with van der Waals surface area (Å²) in [4.78, 5) is 0. The van der Waals surface area contributed by atoms with E-state index in [2.05, 4.69) is 36.2 Å². The number of aromatic nitrogens is 2.